The summed E-state index contributed by atoms with van der Waals surface area (Å²) in [7, 11) is 1.28. The predicted molar refractivity (Wildman–Crippen MR) is 99.7 cm³/mol. The molecule has 0 fully saturated rings. The smallest absolute Gasteiger partial charge is 0.337 e. The highest BCUT2D eigenvalue weighted by Gasteiger charge is 2.11. The quantitative estimate of drug-likeness (QED) is 0.668. The van der Waals surface area contributed by atoms with E-state index in [0.29, 0.717) is 22.6 Å². The van der Waals surface area contributed by atoms with E-state index in [1.54, 1.807) is 42.5 Å². The summed E-state index contributed by atoms with van der Waals surface area (Å²) < 4.78 is 18.4. The minimum absolute atomic E-state index is 0.139. The van der Waals surface area contributed by atoms with E-state index in [1.807, 2.05) is 0 Å². The van der Waals surface area contributed by atoms with Crippen LogP contribution in [0.3, 0.4) is 0 Å². The Morgan fingerprint density at radius 3 is 2.59 bits per heavy atom. The van der Waals surface area contributed by atoms with Crippen LogP contribution in [0.4, 0.5) is 21.5 Å². The molecule has 0 bridgehead atoms. The van der Waals surface area contributed by atoms with Crippen molar-refractivity contribution in [3.05, 3.63) is 83.9 Å². The second-order valence-corrected chi connectivity index (χ2v) is 5.56. The third-order valence-electron chi connectivity index (χ3n) is 3.69. The molecule has 27 heavy (non-hydrogen) atoms. The van der Waals surface area contributed by atoms with Crippen LogP contribution in [-0.2, 0) is 4.74 Å². The number of hydrogen-bond acceptors (Lipinski definition) is 5. The third-order valence-corrected chi connectivity index (χ3v) is 3.69. The number of anilines is 3. The van der Waals surface area contributed by atoms with Gasteiger partial charge in [-0.25, -0.2) is 9.18 Å². The maximum absolute atomic E-state index is 13.8. The normalized spacial score (nSPS) is 10.1. The molecule has 0 aliphatic carbocycles. The van der Waals surface area contributed by atoms with Crippen LogP contribution in [0.25, 0.3) is 0 Å². The van der Waals surface area contributed by atoms with Gasteiger partial charge in [0.2, 0.25) is 0 Å². The summed E-state index contributed by atoms with van der Waals surface area (Å²) in [5, 5.41) is 5.58. The van der Waals surface area contributed by atoms with Gasteiger partial charge in [0.15, 0.2) is 0 Å². The van der Waals surface area contributed by atoms with E-state index < -0.39 is 17.7 Å². The van der Waals surface area contributed by atoms with Crippen LogP contribution in [0.2, 0.25) is 0 Å². The molecule has 6 nitrogen and oxygen atoms in total. The number of aromatic nitrogens is 1. The van der Waals surface area contributed by atoms with E-state index in [9.17, 15) is 14.0 Å². The van der Waals surface area contributed by atoms with Crippen LogP contribution in [-0.4, -0.2) is 24.0 Å². The summed E-state index contributed by atoms with van der Waals surface area (Å²) in [6, 6.07) is 15.7. The molecule has 0 saturated carbocycles. The van der Waals surface area contributed by atoms with Crippen molar-refractivity contribution in [3.63, 3.8) is 0 Å². The number of halogens is 1. The molecule has 0 spiro atoms. The summed E-state index contributed by atoms with van der Waals surface area (Å²) in [6.45, 7) is 0. The Morgan fingerprint density at radius 1 is 1.00 bits per heavy atom. The van der Waals surface area contributed by atoms with E-state index in [2.05, 4.69) is 20.4 Å². The standard InChI is InChI=1S/C20H16FN3O3/c1-27-20(26)13-5-4-6-14(11-13)24-19(25)18-12-15(9-10-22-18)23-17-8-3-2-7-16(17)21/h2-12H,1H3,(H,22,23)(H,24,25). The van der Waals surface area contributed by atoms with Crippen LogP contribution in [0.15, 0.2) is 66.9 Å². The number of nitrogens with one attached hydrogen (secondary N) is 2. The van der Waals surface area contributed by atoms with Gasteiger partial charge in [-0.05, 0) is 42.5 Å². The van der Waals surface area contributed by atoms with E-state index in [1.165, 1.54) is 31.5 Å². The lowest BCUT2D eigenvalue weighted by molar-refractivity contribution is 0.0600. The van der Waals surface area contributed by atoms with Gasteiger partial charge < -0.3 is 15.4 Å². The van der Waals surface area contributed by atoms with Crippen molar-refractivity contribution < 1.29 is 18.7 Å². The lowest BCUT2D eigenvalue weighted by atomic mass is 10.2. The number of carbonyl (C=O) groups is 2. The van der Waals surface area contributed by atoms with Crippen molar-refractivity contribution in [1.29, 1.82) is 0 Å². The number of carbonyl (C=O) groups excluding carboxylic acids is 2. The summed E-state index contributed by atoms with van der Waals surface area (Å²) in [4.78, 5) is 28.1. The molecule has 0 aliphatic heterocycles. The van der Waals surface area contributed by atoms with Crippen molar-refractivity contribution in [2.75, 3.05) is 17.7 Å². The molecule has 136 valence electrons. The van der Waals surface area contributed by atoms with Gasteiger partial charge in [-0.2, -0.15) is 0 Å². The maximum atomic E-state index is 13.8. The Bertz CT molecular complexity index is 991. The first-order valence-electron chi connectivity index (χ1n) is 8.04. The fourth-order valence-corrected chi connectivity index (χ4v) is 2.39. The topological polar surface area (TPSA) is 80.3 Å². The van der Waals surface area contributed by atoms with Gasteiger partial charge in [0.25, 0.3) is 5.91 Å². The van der Waals surface area contributed by atoms with Gasteiger partial charge in [0.1, 0.15) is 11.5 Å². The summed E-state index contributed by atoms with van der Waals surface area (Å²) >= 11 is 0. The maximum Gasteiger partial charge on any atom is 0.337 e. The van der Waals surface area contributed by atoms with Crippen molar-refractivity contribution >= 4 is 28.9 Å². The Labute approximate surface area is 155 Å². The molecular weight excluding hydrogens is 349 g/mol. The van der Waals surface area contributed by atoms with Crippen LogP contribution >= 0.6 is 0 Å². The molecule has 0 aliphatic rings. The number of ether oxygens (including phenoxy) is 1. The number of rotatable bonds is 5. The largest absolute Gasteiger partial charge is 0.465 e. The zero-order valence-electron chi connectivity index (χ0n) is 14.4. The average Bonchev–Trinajstić information content (AvgIpc) is 2.69. The molecule has 2 aromatic carbocycles. The zero-order chi connectivity index (χ0) is 19.2. The molecule has 0 radical (unpaired) electrons. The van der Waals surface area contributed by atoms with Gasteiger partial charge in [-0.3, -0.25) is 9.78 Å². The fraction of sp³-hybridized carbons (Fsp3) is 0.0500. The van der Waals surface area contributed by atoms with Crippen molar-refractivity contribution in [1.82, 2.24) is 4.98 Å². The zero-order valence-corrected chi connectivity index (χ0v) is 14.4. The van der Waals surface area contributed by atoms with Crippen LogP contribution in [0.5, 0.6) is 0 Å². The second kappa shape index (κ2) is 8.09. The molecule has 1 heterocycles. The summed E-state index contributed by atoms with van der Waals surface area (Å²) in [5.41, 5.74) is 1.69. The predicted octanol–water partition coefficient (Wildman–Crippen LogP) is 4.00. The van der Waals surface area contributed by atoms with Gasteiger partial charge >= 0.3 is 5.97 Å². The average molecular weight is 365 g/mol. The van der Waals surface area contributed by atoms with Gasteiger partial charge in [-0.1, -0.05) is 18.2 Å². The molecule has 0 saturated heterocycles. The Hall–Kier alpha value is -3.74. The molecule has 1 amide bonds. The number of para-hydroxylation sites is 1. The molecule has 0 unspecified atom stereocenters. The summed E-state index contributed by atoms with van der Waals surface area (Å²) in [6.07, 6.45) is 1.45. The second-order valence-electron chi connectivity index (χ2n) is 5.56. The van der Waals surface area contributed by atoms with Gasteiger partial charge in [0.05, 0.1) is 18.4 Å². The molecule has 2 N–H and O–H groups in total. The van der Waals surface area contributed by atoms with Crippen LogP contribution in [0, 0.1) is 5.82 Å². The number of hydrogen-bond donors (Lipinski definition) is 2. The Balaban J connectivity index is 1.76. The number of methoxy groups -OCH3 is 1. The Morgan fingerprint density at radius 2 is 1.81 bits per heavy atom. The Kier molecular flexibility index (Phi) is 5.41. The molecule has 1 aromatic heterocycles. The van der Waals surface area contributed by atoms with Crippen LogP contribution in [0.1, 0.15) is 20.8 Å². The van der Waals surface area contributed by atoms with Crippen molar-refractivity contribution in [3.8, 4) is 0 Å². The van der Waals surface area contributed by atoms with Crippen LogP contribution < -0.4 is 10.6 Å². The highest BCUT2D eigenvalue weighted by Crippen LogP contribution is 2.20. The van der Waals surface area contributed by atoms with E-state index in [-0.39, 0.29) is 5.69 Å². The first-order chi connectivity index (χ1) is 13.1. The molecular formula is C20H16FN3O3. The monoisotopic (exact) mass is 365 g/mol. The number of esters is 1. The fourth-order valence-electron chi connectivity index (χ4n) is 2.39. The number of nitrogens with zero attached hydrogens (tertiary/aromatic N) is 1. The molecule has 3 rings (SSSR count). The highest BCUT2D eigenvalue weighted by molar-refractivity contribution is 6.04. The lowest BCUT2D eigenvalue weighted by Crippen LogP contribution is -2.14. The van der Waals surface area contributed by atoms with E-state index in [0.717, 1.165) is 0 Å². The number of benzene rings is 2. The molecule has 0 atom stereocenters. The molecule has 3 aromatic rings. The van der Waals surface area contributed by atoms with E-state index in [4.69, 9.17) is 0 Å². The van der Waals surface area contributed by atoms with E-state index >= 15 is 0 Å². The molecule has 7 heteroatoms. The van der Waals surface area contributed by atoms with Crippen molar-refractivity contribution in [2.45, 2.75) is 0 Å². The minimum Gasteiger partial charge on any atom is -0.465 e. The highest BCUT2D eigenvalue weighted by atomic mass is 19.1. The van der Waals surface area contributed by atoms with Gasteiger partial charge in [-0.15, -0.1) is 0 Å². The number of amides is 1. The van der Waals surface area contributed by atoms with Gasteiger partial charge in [0, 0.05) is 17.6 Å². The first kappa shape index (κ1) is 18.1. The van der Waals surface area contributed by atoms with Crippen molar-refractivity contribution in [2.24, 2.45) is 0 Å². The SMILES string of the molecule is COC(=O)c1cccc(NC(=O)c2cc(Nc3ccccc3F)ccn2)c1. The lowest BCUT2D eigenvalue weighted by Gasteiger charge is -2.09. The third kappa shape index (κ3) is 4.46. The minimum atomic E-state index is -0.500. The number of pyridine rings is 1. The first-order valence-corrected chi connectivity index (χ1v) is 8.04. The summed E-state index contributed by atoms with van der Waals surface area (Å²) in [5.74, 6) is -1.37.